The van der Waals surface area contributed by atoms with Crippen molar-refractivity contribution >= 4 is 5.97 Å². The number of aromatic carboxylic acids is 1. The van der Waals surface area contributed by atoms with Crippen LogP contribution in [-0.2, 0) is 7.05 Å². The van der Waals surface area contributed by atoms with Gasteiger partial charge in [0.05, 0.1) is 12.6 Å². The molecular formula is C13H16N2O4. The molecule has 0 spiro atoms. The van der Waals surface area contributed by atoms with E-state index in [9.17, 15) is 9.90 Å². The molecule has 0 aliphatic rings. The third kappa shape index (κ3) is 4.44. The molecule has 0 aliphatic heterocycles. The zero-order chi connectivity index (χ0) is 14.4. The Morgan fingerprint density at radius 1 is 1.42 bits per heavy atom. The highest BCUT2D eigenvalue weighted by atomic mass is 16.4. The number of benzene rings is 1. The van der Waals surface area contributed by atoms with Gasteiger partial charge in [-0.25, -0.2) is 13.9 Å². The molecule has 0 radical (unpaired) electrons. The molecule has 102 valence electrons. The number of hydrogen-bond acceptors (Lipinski definition) is 3. The molecule has 1 heterocycles. The number of imidazole rings is 1. The van der Waals surface area contributed by atoms with Crippen molar-refractivity contribution in [2.45, 2.75) is 13.2 Å². The summed E-state index contributed by atoms with van der Waals surface area (Å²) in [7, 11) is 1.92. The second-order valence-electron chi connectivity index (χ2n) is 3.96. The maximum absolute atomic E-state index is 10.7. The van der Waals surface area contributed by atoms with Gasteiger partial charge in [0.2, 0.25) is 6.33 Å². The van der Waals surface area contributed by atoms with Crippen molar-refractivity contribution < 1.29 is 24.7 Å². The van der Waals surface area contributed by atoms with Crippen molar-refractivity contribution in [1.82, 2.24) is 4.57 Å². The lowest BCUT2D eigenvalue weighted by molar-refractivity contribution is -0.671. The van der Waals surface area contributed by atoms with Gasteiger partial charge in [0.15, 0.2) is 6.23 Å². The van der Waals surface area contributed by atoms with Crippen LogP contribution in [0.4, 0.5) is 0 Å². The fourth-order valence-corrected chi connectivity index (χ4v) is 1.33. The molecule has 0 saturated heterocycles. The molecular weight excluding hydrogens is 248 g/mol. The van der Waals surface area contributed by atoms with Crippen molar-refractivity contribution in [2.24, 2.45) is 7.05 Å². The molecule has 0 saturated carbocycles. The highest BCUT2D eigenvalue weighted by molar-refractivity contribution is 5.90. The fourth-order valence-electron chi connectivity index (χ4n) is 1.33. The summed E-state index contributed by atoms with van der Waals surface area (Å²) < 4.78 is 3.60. The number of aliphatic hydroxyl groups is 1. The van der Waals surface area contributed by atoms with Crippen LogP contribution in [0.25, 0.3) is 0 Å². The Bertz CT molecular complexity index is 549. The smallest absolute Gasteiger partial charge is 0.335 e. The highest BCUT2D eigenvalue weighted by Gasteiger charge is 2.03. The third-order valence-electron chi connectivity index (χ3n) is 2.34. The molecule has 0 bridgehead atoms. The van der Waals surface area contributed by atoms with Gasteiger partial charge in [-0.1, -0.05) is 23.9 Å². The van der Waals surface area contributed by atoms with Crippen LogP contribution in [0.1, 0.15) is 23.5 Å². The molecule has 1 aromatic heterocycles. The average Bonchev–Trinajstić information content (AvgIpc) is 2.77. The molecule has 6 nitrogen and oxygen atoms in total. The van der Waals surface area contributed by atoms with Crippen LogP contribution in [0.5, 0.6) is 5.75 Å². The van der Waals surface area contributed by atoms with E-state index in [2.05, 4.69) is 0 Å². The number of rotatable bonds is 2. The minimum Gasteiger partial charge on any atom is -0.872 e. The average molecular weight is 264 g/mol. The molecule has 19 heavy (non-hydrogen) atoms. The molecule has 2 aromatic rings. The summed E-state index contributed by atoms with van der Waals surface area (Å²) in [6.45, 7) is 1.72. The summed E-state index contributed by atoms with van der Waals surface area (Å²) in [6, 6.07) is 5.54. The normalized spacial score (nSPS) is 11.3. The lowest BCUT2D eigenvalue weighted by Gasteiger charge is -2.07. The van der Waals surface area contributed by atoms with E-state index in [1.165, 1.54) is 24.3 Å². The Morgan fingerprint density at radius 2 is 2.05 bits per heavy atom. The summed E-state index contributed by atoms with van der Waals surface area (Å²) in [5.41, 5.74) is -0.178. The van der Waals surface area contributed by atoms with Gasteiger partial charge in [-0.05, 0) is 6.07 Å². The van der Waals surface area contributed by atoms with Gasteiger partial charge in [-0.3, -0.25) is 0 Å². The highest BCUT2D eigenvalue weighted by Crippen LogP contribution is 2.10. The molecule has 1 aromatic carbocycles. The number of hydrogen-bond donors (Lipinski definition) is 2. The fraction of sp³-hybridized carbons (Fsp3) is 0.231. The van der Waals surface area contributed by atoms with Gasteiger partial charge in [-0.2, -0.15) is 0 Å². The topological polar surface area (TPSA) is 89.4 Å². The van der Waals surface area contributed by atoms with Crippen molar-refractivity contribution in [3.63, 3.8) is 0 Å². The zero-order valence-electron chi connectivity index (χ0n) is 10.7. The number of para-hydroxylation sites is 1. The number of aromatic nitrogens is 2. The minimum atomic E-state index is -1.18. The molecule has 1 atom stereocenters. The first-order valence-corrected chi connectivity index (χ1v) is 5.62. The van der Waals surface area contributed by atoms with Crippen LogP contribution >= 0.6 is 0 Å². The van der Waals surface area contributed by atoms with Gasteiger partial charge in [0.25, 0.3) is 0 Å². The first-order chi connectivity index (χ1) is 8.91. The second-order valence-corrected chi connectivity index (χ2v) is 3.96. The van der Waals surface area contributed by atoms with Gasteiger partial charge >= 0.3 is 5.97 Å². The van der Waals surface area contributed by atoms with Gasteiger partial charge in [0, 0.05) is 6.92 Å². The summed E-state index contributed by atoms with van der Waals surface area (Å²) in [4.78, 5) is 10.2. The van der Waals surface area contributed by atoms with E-state index in [1.54, 1.807) is 11.5 Å². The molecule has 1 unspecified atom stereocenters. The summed E-state index contributed by atoms with van der Waals surface area (Å²) in [5.74, 6) is -1.62. The maximum Gasteiger partial charge on any atom is 0.335 e. The summed E-state index contributed by atoms with van der Waals surface area (Å²) >= 11 is 0. The monoisotopic (exact) mass is 264 g/mol. The van der Waals surface area contributed by atoms with Crippen molar-refractivity contribution in [2.75, 3.05) is 0 Å². The number of aryl methyl sites for hydroxylation is 1. The van der Waals surface area contributed by atoms with Gasteiger partial charge < -0.3 is 15.3 Å². The predicted molar refractivity (Wildman–Crippen MR) is 65.4 cm³/mol. The number of nitrogens with zero attached hydrogens (tertiary/aromatic N) is 2. The lowest BCUT2D eigenvalue weighted by Crippen LogP contribution is -2.24. The predicted octanol–water partition coefficient (Wildman–Crippen LogP) is 0.282. The van der Waals surface area contributed by atoms with Gasteiger partial charge in [-0.15, -0.1) is 0 Å². The Morgan fingerprint density at radius 3 is 2.37 bits per heavy atom. The summed E-state index contributed by atoms with van der Waals surface area (Å²) in [6.07, 6.45) is 5.10. The van der Waals surface area contributed by atoms with Crippen LogP contribution < -0.4 is 9.67 Å². The summed E-state index contributed by atoms with van der Waals surface area (Å²) in [5, 5.41) is 28.0. The standard InChI is InChI=1S/C7H6O3.C6H11N2O/c8-6-4-2-1-3-5(6)7(9)10;1-6(9)8-4-3-7(2)5-8/h1-4,8H,(H,9,10);3-6,9H,1-2H3/q;+1/p-1. The molecule has 6 heteroatoms. The number of aliphatic hydroxyl groups excluding tert-OH is 1. The largest absolute Gasteiger partial charge is 0.872 e. The molecule has 0 amide bonds. The van der Waals surface area contributed by atoms with Crippen molar-refractivity contribution in [1.29, 1.82) is 0 Å². The van der Waals surface area contributed by atoms with E-state index in [0.717, 1.165) is 0 Å². The molecule has 0 aliphatic carbocycles. The number of carbonyl (C=O) groups is 1. The van der Waals surface area contributed by atoms with E-state index in [0.29, 0.717) is 0 Å². The lowest BCUT2D eigenvalue weighted by atomic mass is 10.2. The third-order valence-corrected chi connectivity index (χ3v) is 2.34. The SMILES string of the molecule is CC(O)n1cc[n+](C)c1.O=C(O)c1ccccc1[O-]. The van der Waals surface area contributed by atoms with Crippen LogP contribution in [0.3, 0.4) is 0 Å². The van der Waals surface area contributed by atoms with E-state index in [1.807, 2.05) is 30.3 Å². The Balaban J connectivity index is 0.000000191. The second kappa shape index (κ2) is 6.55. The van der Waals surface area contributed by atoms with Crippen LogP contribution in [0.15, 0.2) is 43.0 Å². The van der Waals surface area contributed by atoms with E-state index < -0.39 is 17.9 Å². The Hall–Kier alpha value is -2.34. The number of carboxylic acids is 1. The van der Waals surface area contributed by atoms with E-state index in [4.69, 9.17) is 10.2 Å². The molecule has 2 rings (SSSR count). The number of carboxylic acid groups (broad SMARTS) is 1. The Labute approximate surface area is 110 Å². The first-order valence-electron chi connectivity index (χ1n) is 5.62. The van der Waals surface area contributed by atoms with Crippen molar-refractivity contribution in [3.8, 4) is 5.75 Å². The van der Waals surface area contributed by atoms with Gasteiger partial charge in [0.1, 0.15) is 12.4 Å². The van der Waals surface area contributed by atoms with Crippen LogP contribution in [-0.4, -0.2) is 20.7 Å². The van der Waals surface area contributed by atoms with E-state index in [-0.39, 0.29) is 5.56 Å². The van der Waals surface area contributed by atoms with Crippen molar-refractivity contribution in [3.05, 3.63) is 48.5 Å². The van der Waals surface area contributed by atoms with E-state index >= 15 is 0 Å². The first kappa shape index (κ1) is 14.7. The van der Waals surface area contributed by atoms with Crippen LogP contribution in [0.2, 0.25) is 0 Å². The molecule has 0 fully saturated rings. The minimum absolute atomic E-state index is 0.178. The quantitative estimate of drug-likeness (QED) is 0.762. The zero-order valence-corrected chi connectivity index (χ0v) is 10.7. The Kier molecular flexibility index (Phi) is 5.08. The maximum atomic E-state index is 10.7. The molecule has 2 N–H and O–H groups in total. The van der Waals surface area contributed by atoms with Crippen LogP contribution in [0, 0.1) is 0 Å².